The molecule has 1 aromatic carbocycles. The van der Waals surface area contributed by atoms with Crippen LogP contribution in [-0.2, 0) is 15.9 Å². The molecule has 0 amide bonds. The molecular formula is C24H42O3. The van der Waals surface area contributed by atoms with Crippen LogP contribution < -0.4 is 4.74 Å². The van der Waals surface area contributed by atoms with E-state index in [0.717, 1.165) is 25.4 Å². The normalized spacial score (nSPS) is 10.2. The highest BCUT2D eigenvalue weighted by Gasteiger charge is 1.96. The van der Waals surface area contributed by atoms with E-state index in [1.54, 1.807) is 6.08 Å². The number of unbranched alkanes of at least 4 members (excludes halogenated alkanes) is 5. The molecule has 0 aliphatic carbocycles. The number of aryl methyl sites for hydroxylation is 1. The van der Waals surface area contributed by atoms with Gasteiger partial charge in [-0.15, -0.1) is 6.58 Å². The van der Waals surface area contributed by atoms with Gasteiger partial charge in [0, 0.05) is 6.61 Å². The molecule has 0 saturated carbocycles. The van der Waals surface area contributed by atoms with Crippen LogP contribution in [0.5, 0.6) is 5.75 Å². The van der Waals surface area contributed by atoms with Gasteiger partial charge in [0.25, 0.3) is 0 Å². The van der Waals surface area contributed by atoms with Crippen molar-refractivity contribution in [1.82, 2.24) is 0 Å². The highest BCUT2D eigenvalue weighted by Crippen LogP contribution is 2.14. The van der Waals surface area contributed by atoms with Gasteiger partial charge >= 0.3 is 0 Å². The third-order valence-electron chi connectivity index (χ3n) is 4.01. The molecule has 0 saturated heterocycles. The van der Waals surface area contributed by atoms with E-state index < -0.39 is 0 Å². The molecule has 0 aliphatic rings. The second-order valence-electron chi connectivity index (χ2n) is 6.57. The molecular weight excluding hydrogens is 336 g/mol. The van der Waals surface area contributed by atoms with Gasteiger partial charge in [-0.25, -0.2) is 0 Å². The topological polar surface area (TPSA) is 27.7 Å². The van der Waals surface area contributed by atoms with Crippen LogP contribution in [0.15, 0.2) is 36.9 Å². The number of ether oxygens (including phenoxy) is 3. The van der Waals surface area contributed by atoms with E-state index >= 15 is 0 Å². The fraction of sp³-hybridized carbons (Fsp3) is 0.667. The van der Waals surface area contributed by atoms with Crippen LogP contribution in [0.2, 0.25) is 0 Å². The number of benzene rings is 1. The first kappa shape index (κ1) is 25.7. The maximum atomic E-state index is 5.43. The smallest absolute Gasteiger partial charge is 0.119 e. The number of rotatable bonds is 16. The predicted octanol–water partition coefficient (Wildman–Crippen LogP) is 6.60. The van der Waals surface area contributed by atoms with Crippen LogP contribution >= 0.6 is 0 Å². The Morgan fingerprint density at radius 3 is 2.07 bits per heavy atom. The molecule has 3 nitrogen and oxygen atoms in total. The first-order chi connectivity index (χ1) is 13.3. The standard InChI is InChI=1S/C16H26O.C8H16O2/c1-3-5-6-7-8-9-10-15-11-13-16(14-12-15)17-4-2;1-3-5-9-7-8-10-6-4-2/h11-14H,3-10H2,1-2H3;3H,1,4-8H2,2H3. The average Bonchev–Trinajstić information content (AvgIpc) is 2.69. The summed E-state index contributed by atoms with van der Waals surface area (Å²) >= 11 is 0. The van der Waals surface area contributed by atoms with E-state index in [1.807, 2.05) is 6.92 Å². The van der Waals surface area contributed by atoms with Gasteiger partial charge in [0.1, 0.15) is 5.75 Å². The average molecular weight is 379 g/mol. The summed E-state index contributed by atoms with van der Waals surface area (Å²) in [6.07, 6.45) is 12.2. The van der Waals surface area contributed by atoms with Gasteiger partial charge in [0.2, 0.25) is 0 Å². The molecule has 0 aliphatic heterocycles. The van der Waals surface area contributed by atoms with E-state index in [-0.39, 0.29) is 0 Å². The SMILES string of the molecule is C=CCOCCOCCC.CCCCCCCCc1ccc(OCC)cc1. The Morgan fingerprint density at radius 2 is 1.44 bits per heavy atom. The van der Waals surface area contributed by atoms with E-state index in [4.69, 9.17) is 14.2 Å². The fourth-order valence-electron chi connectivity index (χ4n) is 2.56. The molecule has 1 rings (SSSR count). The summed E-state index contributed by atoms with van der Waals surface area (Å²) in [5.74, 6) is 0.985. The molecule has 0 atom stereocenters. The van der Waals surface area contributed by atoms with Gasteiger partial charge in [-0.1, -0.05) is 64.2 Å². The lowest BCUT2D eigenvalue weighted by atomic mass is 10.0. The van der Waals surface area contributed by atoms with Gasteiger partial charge in [-0.2, -0.15) is 0 Å². The second-order valence-corrected chi connectivity index (χ2v) is 6.57. The van der Waals surface area contributed by atoms with Crippen LogP contribution in [0.3, 0.4) is 0 Å². The highest BCUT2D eigenvalue weighted by atomic mass is 16.5. The number of hydrogen-bond donors (Lipinski definition) is 0. The Morgan fingerprint density at radius 1 is 0.778 bits per heavy atom. The largest absolute Gasteiger partial charge is 0.494 e. The van der Waals surface area contributed by atoms with Crippen LogP contribution in [-0.4, -0.2) is 33.0 Å². The van der Waals surface area contributed by atoms with Crippen molar-refractivity contribution in [2.45, 2.75) is 72.1 Å². The first-order valence-electron chi connectivity index (χ1n) is 10.8. The van der Waals surface area contributed by atoms with E-state index in [0.29, 0.717) is 19.8 Å². The molecule has 0 heterocycles. The van der Waals surface area contributed by atoms with Crippen molar-refractivity contribution in [3.63, 3.8) is 0 Å². The lowest BCUT2D eigenvalue weighted by Gasteiger charge is -2.05. The monoisotopic (exact) mass is 378 g/mol. The van der Waals surface area contributed by atoms with E-state index in [2.05, 4.69) is 44.7 Å². The Labute approximate surface area is 168 Å². The van der Waals surface area contributed by atoms with Crippen molar-refractivity contribution >= 4 is 0 Å². The molecule has 0 bridgehead atoms. The van der Waals surface area contributed by atoms with Crippen molar-refractivity contribution < 1.29 is 14.2 Å². The zero-order valence-corrected chi connectivity index (χ0v) is 18.0. The molecule has 0 aromatic heterocycles. The Bertz CT molecular complexity index is 414. The third kappa shape index (κ3) is 17.8. The Balaban J connectivity index is 0.000000580. The highest BCUT2D eigenvalue weighted by molar-refractivity contribution is 5.27. The zero-order valence-electron chi connectivity index (χ0n) is 18.0. The third-order valence-corrected chi connectivity index (χ3v) is 4.01. The van der Waals surface area contributed by atoms with Crippen molar-refractivity contribution in [2.24, 2.45) is 0 Å². The van der Waals surface area contributed by atoms with Crippen LogP contribution in [0.1, 0.15) is 71.3 Å². The molecule has 156 valence electrons. The fourth-order valence-corrected chi connectivity index (χ4v) is 2.56. The molecule has 0 radical (unpaired) electrons. The maximum absolute atomic E-state index is 5.43. The second kappa shape index (κ2) is 21.0. The van der Waals surface area contributed by atoms with Crippen LogP contribution in [0.4, 0.5) is 0 Å². The van der Waals surface area contributed by atoms with Crippen LogP contribution in [0.25, 0.3) is 0 Å². The summed E-state index contributed by atoms with van der Waals surface area (Å²) in [7, 11) is 0. The summed E-state index contributed by atoms with van der Waals surface area (Å²) in [5, 5.41) is 0. The van der Waals surface area contributed by atoms with E-state index in [9.17, 15) is 0 Å². The molecule has 0 unspecified atom stereocenters. The minimum atomic E-state index is 0.621. The van der Waals surface area contributed by atoms with Gasteiger partial charge in [0.05, 0.1) is 26.4 Å². The van der Waals surface area contributed by atoms with Gasteiger partial charge < -0.3 is 14.2 Å². The quantitative estimate of drug-likeness (QED) is 0.239. The Hall–Kier alpha value is -1.32. The van der Waals surface area contributed by atoms with Gasteiger partial charge in [-0.3, -0.25) is 0 Å². The molecule has 0 fully saturated rings. The molecule has 0 spiro atoms. The molecule has 3 heteroatoms. The zero-order chi connectivity index (χ0) is 20.0. The predicted molar refractivity (Wildman–Crippen MR) is 117 cm³/mol. The first-order valence-corrected chi connectivity index (χ1v) is 10.8. The lowest BCUT2D eigenvalue weighted by Crippen LogP contribution is -2.04. The molecule has 1 aromatic rings. The maximum Gasteiger partial charge on any atom is 0.119 e. The summed E-state index contributed by atoms with van der Waals surface area (Å²) in [6.45, 7) is 13.5. The van der Waals surface area contributed by atoms with Crippen molar-refractivity contribution in [1.29, 1.82) is 0 Å². The Kier molecular flexibility index (Phi) is 20.0. The van der Waals surface area contributed by atoms with Crippen molar-refractivity contribution in [3.8, 4) is 5.75 Å². The summed E-state index contributed by atoms with van der Waals surface area (Å²) in [4.78, 5) is 0. The summed E-state index contributed by atoms with van der Waals surface area (Å²) in [6, 6.07) is 8.54. The van der Waals surface area contributed by atoms with Gasteiger partial charge in [-0.05, 0) is 43.9 Å². The van der Waals surface area contributed by atoms with Gasteiger partial charge in [0.15, 0.2) is 0 Å². The summed E-state index contributed by atoms with van der Waals surface area (Å²) in [5.41, 5.74) is 1.43. The minimum absolute atomic E-state index is 0.621. The number of hydrogen-bond acceptors (Lipinski definition) is 3. The molecule has 0 N–H and O–H groups in total. The van der Waals surface area contributed by atoms with E-state index in [1.165, 1.54) is 50.5 Å². The van der Waals surface area contributed by atoms with Crippen molar-refractivity contribution in [2.75, 3.05) is 33.0 Å². The minimum Gasteiger partial charge on any atom is -0.494 e. The lowest BCUT2D eigenvalue weighted by molar-refractivity contribution is 0.0588. The molecule has 27 heavy (non-hydrogen) atoms. The van der Waals surface area contributed by atoms with Crippen LogP contribution in [0, 0.1) is 0 Å². The van der Waals surface area contributed by atoms with Crippen molar-refractivity contribution in [3.05, 3.63) is 42.5 Å². The summed E-state index contributed by atoms with van der Waals surface area (Å²) < 4.78 is 15.7.